The third-order valence-corrected chi connectivity index (χ3v) is 6.99. The first-order valence-corrected chi connectivity index (χ1v) is 13.0. The maximum atomic E-state index is 11.5. The van der Waals surface area contributed by atoms with Crippen LogP contribution in [0.3, 0.4) is 0 Å². The molecule has 0 saturated carbocycles. The van der Waals surface area contributed by atoms with E-state index in [0.717, 1.165) is 63.2 Å². The lowest BCUT2D eigenvalue weighted by atomic mass is 9.96. The molecule has 1 N–H and O–H groups in total. The fraction of sp³-hybridized carbons (Fsp3) is 0.552. The second-order valence-electron chi connectivity index (χ2n) is 9.37. The van der Waals surface area contributed by atoms with E-state index in [4.69, 9.17) is 0 Å². The number of carbonyl (C=O) groups is 1. The highest BCUT2D eigenvalue weighted by molar-refractivity contribution is 5.90. The lowest BCUT2D eigenvalue weighted by Crippen LogP contribution is -2.34. The Morgan fingerprint density at radius 1 is 1.18 bits per heavy atom. The van der Waals surface area contributed by atoms with E-state index in [1.165, 1.54) is 54.5 Å². The molecule has 1 aromatic heterocycles. The van der Waals surface area contributed by atoms with Gasteiger partial charge >= 0.3 is 0 Å². The maximum Gasteiger partial charge on any atom is 0.150 e. The Hall–Kier alpha value is -2.17. The quantitative estimate of drug-likeness (QED) is 0.310. The number of aryl methyl sites for hydroxylation is 1. The molecule has 1 atom stereocenters. The molecule has 1 saturated heterocycles. The predicted molar refractivity (Wildman–Crippen MR) is 141 cm³/mol. The van der Waals surface area contributed by atoms with Gasteiger partial charge in [-0.1, -0.05) is 49.8 Å². The summed E-state index contributed by atoms with van der Waals surface area (Å²) in [7, 11) is 0. The van der Waals surface area contributed by atoms with E-state index in [-0.39, 0.29) is 0 Å². The molecule has 33 heavy (non-hydrogen) atoms. The lowest BCUT2D eigenvalue weighted by Gasteiger charge is -2.27. The van der Waals surface area contributed by atoms with Gasteiger partial charge in [0.2, 0.25) is 0 Å². The van der Waals surface area contributed by atoms with Crippen molar-refractivity contribution in [3.8, 4) is 0 Å². The molecule has 0 aliphatic carbocycles. The molecule has 1 unspecified atom stereocenters. The minimum absolute atomic E-state index is 0.762. The number of aromatic nitrogens is 1. The van der Waals surface area contributed by atoms with Crippen LogP contribution in [0.25, 0.3) is 10.9 Å². The zero-order chi connectivity index (χ0) is 23.5. The largest absolute Gasteiger partial charge is 0.343 e. The third-order valence-electron chi connectivity index (χ3n) is 6.99. The van der Waals surface area contributed by atoms with Crippen LogP contribution in [-0.2, 0) is 19.4 Å². The van der Waals surface area contributed by atoms with E-state index in [9.17, 15) is 4.79 Å². The summed E-state index contributed by atoms with van der Waals surface area (Å²) in [5.41, 5.74) is 4.84. The second kappa shape index (κ2) is 13.5. The summed E-state index contributed by atoms with van der Waals surface area (Å²) >= 11 is 0. The summed E-state index contributed by atoms with van der Waals surface area (Å²) in [6, 6.07) is 6.22. The van der Waals surface area contributed by atoms with Gasteiger partial charge in [0, 0.05) is 48.2 Å². The first-order valence-electron chi connectivity index (χ1n) is 13.0. The van der Waals surface area contributed by atoms with Crippen LogP contribution in [0.1, 0.15) is 68.1 Å². The molecule has 0 spiro atoms. The van der Waals surface area contributed by atoms with Gasteiger partial charge in [-0.15, -0.1) is 0 Å². The van der Waals surface area contributed by atoms with Crippen LogP contribution in [0, 0.1) is 5.92 Å². The number of rotatable bonds is 13. The van der Waals surface area contributed by atoms with Crippen molar-refractivity contribution in [2.75, 3.05) is 32.7 Å². The van der Waals surface area contributed by atoms with Crippen LogP contribution < -0.4 is 5.32 Å². The van der Waals surface area contributed by atoms with Crippen LogP contribution in [0.2, 0.25) is 0 Å². The number of hydrogen-bond donors (Lipinski definition) is 1. The van der Waals surface area contributed by atoms with Crippen LogP contribution in [0.15, 0.2) is 42.5 Å². The Bertz CT molecular complexity index is 934. The summed E-state index contributed by atoms with van der Waals surface area (Å²) in [5.74, 6) is 0.802. The Morgan fingerprint density at radius 3 is 2.73 bits per heavy atom. The van der Waals surface area contributed by atoms with Crippen LogP contribution in [-0.4, -0.2) is 48.5 Å². The molecular formula is C29H43N3O. The van der Waals surface area contributed by atoms with Gasteiger partial charge in [0.1, 0.15) is 6.29 Å². The molecule has 2 heterocycles. The van der Waals surface area contributed by atoms with Crippen molar-refractivity contribution < 1.29 is 4.79 Å². The maximum absolute atomic E-state index is 11.5. The molecule has 4 nitrogen and oxygen atoms in total. The van der Waals surface area contributed by atoms with Gasteiger partial charge in [-0.2, -0.15) is 0 Å². The van der Waals surface area contributed by atoms with Crippen molar-refractivity contribution in [2.45, 2.75) is 65.8 Å². The monoisotopic (exact) mass is 449 g/mol. The van der Waals surface area contributed by atoms with Crippen molar-refractivity contribution in [3.05, 3.63) is 59.3 Å². The SMILES string of the molecule is C/C=C\Cc1c(CCC)c2ccc(C=O)cc2n1CCN(C/C=C\C)CCC1CCCNC1. The Kier molecular flexibility index (Phi) is 10.4. The first-order chi connectivity index (χ1) is 16.2. The number of carbonyl (C=O) groups excluding carboxylic acids is 1. The summed E-state index contributed by atoms with van der Waals surface area (Å²) < 4.78 is 2.50. The zero-order valence-electron chi connectivity index (χ0n) is 21.0. The number of fused-ring (bicyclic) bond motifs is 1. The standard InChI is InChI=1S/C29H43N3O/c1-4-7-12-28-26(10-6-3)27-14-13-25(23-33)21-29(27)32(28)20-19-31(17-8-5-2)18-15-24-11-9-16-30-22-24/h4-5,7-8,13-14,21,23-24,30H,6,9-12,15-20,22H2,1-3H3/b7-4-,8-5-. The summed E-state index contributed by atoms with van der Waals surface area (Å²) in [5, 5.41) is 4.88. The molecule has 4 heteroatoms. The average molecular weight is 450 g/mol. The number of aldehydes is 1. The zero-order valence-corrected chi connectivity index (χ0v) is 21.0. The predicted octanol–water partition coefficient (Wildman–Crippen LogP) is 5.79. The van der Waals surface area contributed by atoms with Gasteiger partial charge in [0.25, 0.3) is 0 Å². The first kappa shape index (κ1) is 25.5. The van der Waals surface area contributed by atoms with Crippen molar-refractivity contribution in [2.24, 2.45) is 5.92 Å². The fourth-order valence-corrected chi connectivity index (χ4v) is 5.14. The van der Waals surface area contributed by atoms with Gasteiger partial charge in [-0.3, -0.25) is 9.69 Å². The van der Waals surface area contributed by atoms with E-state index in [0.29, 0.717) is 0 Å². The molecule has 1 fully saturated rings. The summed E-state index contributed by atoms with van der Waals surface area (Å²) in [6.45, 7) is 12.9. The summed E-state index contributed by atoms with van der Waals surface area (Å²) in [6.07, 6.45) is 16.9. The van der Waals surface area contributed by atoms with Gasteiger partial charge in [0.05, 0.1) is 0 Å². The minimum atomic E-state index is 0.762. The number of allylic oxidation sites excluding steroid dienone is 3. The third kappa shape index (κ3) is 6.91. The van der Waals surface area contributed by atoms with E-state index < -0.39 is 0 Å². The number of nitrogens with zero attached hydrogens (tertiary/aromatic N) is 2. The highest BCUT2D eigenvalue weighted by Gasteiger charge is 2.18. The number of hydrogen-bond acceptors (Lipinski definition) is 3. The Morgan fingerprint density at radius 2 is 2.03 bits per heavy atom. The minimum Gasteiger partial charge on any atom is -0.343 e. The summed E-state index contributed by atoms with van der Waals surface area (Å²) in [4.78, 5) is 14.1. The molecule has 1 aromatic carbocycles. The van der Waals surface area contributed by atoms with Crippen molar-refractivity contribution in [3.63, 3.8) is 0 Å². The van der Waals surface area contributed by atoms with Gasteiger partial charge in [0.15, 0.2) is 0 Å². The molecule has 3 rings (SSSR count). The molecular weight excluding hydrogens is 406 g/mol. The second-order valence-corrected chi connectivity index (χ2v) is 9.37. The number of benzene rings is 1. The molecule has 180 valence electrons. The van der Waals surface area contributed by atoms with Crippen molar-refractivity contribution in [1.29, 1.82) is 0 Å². The molecule has 1 aliphatic rings. The number of nitrogens with one attached hydrogen (secondary N) is 1. The van der Waals surface area contributed by atoms with Crippen LogP contribution in [0.4, 0.5) is 0 Å². The molecule has 2 aromatic rings. The molecule has 0 amide bonds. The fourth-order valence-electron chi connectivity index (χ4n) is 5.14. The van der Waals surface area contributed by atoms with Gasteiger partial charge < -0.3 is 9.88 Å². The Labute approximate surface area is 200 Å². The van der Waals surface area contributed by atoms with E-state index in [1.54, 1.807) is 0 Å². The molecule has 0 radical (unpaired) electrons. The molecule has 0 bridgehead atoms. The normalized spacial score (nSPS) is 17.2. The van der Waals surface area contributed by atoms with Gasteiger partial charge in [-0.05, 0) is 76.7 Å². The van der Waals surface area contributed by atoms with Gasteiger partial charge in [-0.25, -0.2) is 0 Å². The van der Waals surface area contributed by atoms with E-state index in [2.05, 4.69) is 72.0 Å². The highest BCUT2D eigenvalue weighted by atomic mass is 16.1. The smallest absolute Gasteiger partial charge is 0.150 e. The topological polar surface area (TPSA) is 37.3 Å². The van der Waals surface area contributed by atoms with E-state index >= 15 is 0 Å². The highest BCUT2D eigenvalue weighted by Crippen LogP contribution is 2.29. The lowest BCUT2D eigenvalue weighted by molar-refractivity contribution is 0.112. The molecule has 1 aliphatic heterocycles. The van der Waals surface area contributed by atoms with Crippen molar-refractivity contribution >= 4 is 17.2 Å². The van der Waals surface area contributed by atoms with Crippen LogP contribution in [0.5, 0.6) is 0 Å². The number of piperidine rings is 1. The Balaban J connectivity index is 1.86. The van der Waals surface area contributed by atoms with Crippen LogP contribution >= 0.6 is 0 Å². The van der Waals surface area contributed by atoms with Crippen molar-refractivity contribution in [1.82, 2.24) is 14.8 Å². The van der Waals surface area contributed by atoms with E-state index in [1.807, 2.05) is 6.07 Å². The average Bonchev–Trinajstić information content (AvgIpc) is 3.14.